The molecule has 1 unspecified atom stereocenters. The molecule has 1 atom stereocenters. The molecule has 7 nitrogen and oxygen atoms in total. The number of aromatic nitrogens is 1. The highest BCUT2D eigenvalue weighted by atomic mass is 35.5. The molecule has 184 valence electrons. The summed E-state index contributed by atoms with van der Waals surface area (Å²) >= 11 is 12.1. The van der Waals surface area contributed by atoms with Crippen LogP contribution in [0.25, 0.3) is 11.0 Å². The van der Waals surface area contributed by atoms with Crippen LogP contribution >= 0.6 is 23.2 Å². The van der Waals surface area contributed by atoms with E-state index in [-0.39, 0.29) is 33.5 Å². The normalized spacial score (nSPS) is 14.8. The van der Waals surface area contributed by atoms with Crippen LogP contribution in [0, 0.1) is 6.92 Å². The topological polar surface area (TPSA) is 85.8 Å². The lowest BCUT2D eigenvalue weighted by Crippen LogP contribution is -2.29. The van der Waals surface area contributed by atoms with Gasteiger partial charge in [-0.05, 0) is 60.5 Å². The van der Waals surface area contributed by atoms with Gasteiger partial charge in [0.1, 0.15) is 23.7 Å². The summed E-state index contributed by atoms with van der Waals surface area (Å²) in [4.78, 5) is 28.8. The van der Waals surface area contributed by atoms with Gasteiger partial charge in [0.15, 0.2) is 11.2 Å². The average Bonchev–Trinajstić information content (AvgIpc) is 3.45. The molecule has 1 aliphatic heterocycles. The van der Waals surface area contributed by atoms with E-state index in [2.05, 4.69) is 5.16 Å². The number of carbonyl (C=O) groups is 1. The van der Waals surface area contributed by atoms with Gasteiger partial charge in [-0.25, -0.2) is 0 Å². The van der Waals surface area contributed by atoms with Crippen molar-refractivity contribution in [1.82, 2.24) is 5.16 Å². The maximum Gasteiger partial charge on any atom is 0.296 e. The van der Waals surface area contributed by atoms with Gasteiger partial charge in [0, 0.05) is 16.1 Å². The molecule has 2 aromatic heterocycles. The number of hydrogen-bond acceptors (Lipinski definition) is 6. The highest BCUT2D eigenvalue weighted by Gasteiger charge is 2.45. The van der Waals surface area contributed by atoms with Crippen molar-refractivity contribution in [2.45, 2.75) is 19.6 Å². The molecule has 3 aromatic carbocycles. The van der Waals surface area contributed by atoms with Gasteiger partial charge in [-0.3, -0.25) is 14.5 Å². The lowest BCUT2D eigenvalue weighted by Gasteiger charge is -2.23. The molecule has 0 N–H and O–H groups in total. The number of hydrogen-bond donors (Lipinski definition) is 0. The molecule has 0 fully saturated rings. The third kappa shape index (κ3) is 4.16. The van der Waals surface area contributed by atoms with Gasteiger partial charge in [-0.15, -0.1) is 0 Å². The molecule has 1 amide bonds. The third-order valence-corrected chi connectivity index (χ3v) is 6.67. The molecule has 0 aliphatic carbocycles. The molecule has 0 bridgehead atoms. The van der Waals surface area contributed by atoms with Gasteiger partial charge in [-0.1, -0.05) is 52.6 Å². The number of aryl methyl sites for hydroxylation is 1. The molecular weight excluding hydrogens is 515 g/mol. The summed E-state index contributed by atoms with van der Waals surface area (Å²) in [5.41, 5.74) is 1.73. The molecule has 0 spiro atoms. The fraction of sp³-hybridized carbons (Fsp3) is 0.107. The van der Waals surface area contributed by atoms with E-state index in [0.29, 0.717) is 33.7 Å². The van der Waals surface area contributed by atoms with Gasteiger partial charge in [-0.2, -0.15) is 0 Å². The van der Waals surface area contributed by atoms with E-state index in [9.17, 15) is 9.59 Å². The first-order chi connectivity index (χ1) is 17.9. The van der Waals surface area contributed by atoms with Gasteiger partial charge < -0.3 is 13.7 Å². The fourth-order valence-electron chi connectivity index (χ4n) is 4.49. The Hall–Kier alpha value is -4.07. The number of fused-ring (bicyclic) bond motifs is 2. The summed E-state index contributed by atoms with van der Waals surface area (Å²) in [7, 11) is 0. The van der Waals surface area contributed by atoms with Crippen LogP contribution in [0.1, 0.15) is 39.0 Å². The quantitative estimate of drug-likeness (QED) is 0.249. The van der Waals surface area contributed by atoms with Crippen molar-refractivity contribution in [2.75, 3.05) is 4.90 Å². The number of amides is 1. The average molecular weight is 533 g/mol. The monoisotopic (exact) mass is 532 g/mol. The number of nitrogens with zero attached hydrogens (tertiary/aromatic N) is 2. The fourth-order valence-corrected chi connectivity index (χ4v) is 4.78. The summed E-state index contributed by atoms with van der Waals surface area (Å²) in [5, 5.41) is 5.37. The van der Waals surface area contributed by atoms with E-state index in [1.54, 1.807) is 55.5 Å². The number of rotatable bonds is 5. The Bertz CT molecular complexity index is 1730. The summed E-state index contributed by atoms with van der Waals surface area (Å²) in [6.07, 6.45) is 0. The predicted octanol–water partition coefficient (Wildman–Crippen LogP) is 6.73. The summed E-state index contributed by atoms with van der Waals surface area (Å²) in [6.45, 7) is 2.04. The Morgan fingerprint density at radius 1 is 0.973 bits per heavy atom. The van der Waals surface area contributed by atoms with Gasteiger partial charge >= 0.3 is 0 Å². The number of benzene rings is 3. The Morgan fingerprint density at radius 3 is 2.51 bits per heavy atom. The van der Waals surface area contributed by atoms with Crippen LogP contribution < -0.4 is 15.1 Å². The number of anilines is 1. The largest absolute Gasteiger partial charge is 0.489 e. The van der Waals surface area contributed by atoms with Gasteiger partial charge in [0.05, 0.1) is 17.0 Å². The van der Waals surface area contributed by atoms with E-state index in [0.717, 1.165) is 5.56 Å². The van der Waals surface area contributed by atoms with E-state index in [1.807, 2.05) is 24.3 Å². The zero-order chi connectivity index (χ0) is 25.7. The Labute approximate surface area is 220 Å². The molecule has 1 aliphatic rings. The van der Waals surface area contributed by atoms with E-state index in [1.165, 1.54) is 4.90 Å². The molecular formula is C28H18Cl2N2O5. The molecule has 0 radical (unpaired) electrons. The minimum absolute atomic E-state index is 0.0436. The van der Waals surface area contributed by atoms with E-state index < -0.39 is 11.9 Å². The molecule has 0 saturated carbocycles. The standard InChI is InChI=1S/C28H18Cl2N2O5/c1-15-11-23(31-37-15)32-25(17-3-2-4-20(12-17)35-14-16-5-7-18(29)8-6-16)24-26(33)21-13-19(30)9-10-22(21)36-27(24)28(32)34/h2-13,25H,14H2,1H3. The summed E-state index contributed by atoms with van der Waals surface area (Å²) in [5.74, 6) is 0.826. The van der Waals surface area contributed by atoms with Crippen molar-refractivity contribution in [3.63, 3.8) is 0 Å². The first-order valence-corrected chi connectivity index (χ1v) is 12.1. The van der Waals surface area contributed by atoms with Crippen molar-refractivity contribution in [3.8, 4) is 5.75 Å². The van der Waals surface area contributed by atoms with Crippen molar-refractivity contribution in [2.24, 2.45) is 0 Å². The first kappa shape index (κ1) is 23.3. The predicted molar refractivity (Wildman–Crippen MR) is 140 cm³/mol. The molecule has 37 heavy (non-hydrogen) atoms. The lowest BCUT2D eigenvalue weighted by molar-refractivity contribution is 0.0969. The molecule has 5 aromatic rings. The van der Waals surface area contributed by atoms with Crippen LogP contribution in [0.2, 0.25) is 10.0 Å². The molecule has 0 saturated heterocycles. The van der Waals surface area contributed by atoms with Crippen LogP contribution in [0.4, 0.5) is 5.82 Å². The SMILES string of the molecule is Cc1cc(N2C(=O)c3oc4ccc(Cl)cc4c(=O)c3C2c2cccc(OCc3ccc(Cl)cc3)c2)no1. The third-order valence-electron chi connectivity index (χ3n) is 6.19. The second kappa shape index (κ2) is 9.10. The zero-order valence-corrected chi connectivity index (χ0v) is 20.9. The number of carbonyl (C=O) groups excluding carboxylic acids is 1. The van der Waals surface area contributed by atoms with Crippen LogP contribution in [0.15, 0.2) is 86.5 Å². The van der Waals surface area contributed by atoms with E-state index in [4.69, 9.17) is 36.9 Å². The second-order valence-electron chi connectivity index (χ2n) is 8.68. The first-order valence-electron chi connectivity index (χ1n) is 11.4. The maximum atomic E-state index is 13.7. The highest BCUT2D eigenvalue weighted by molar-refractivity contribution is 6.31. The zero-order valence-electron chi connectivity index (χ0n) is 19.4. The van der Waals surface area contributed by atoms with Crippen molar-refractivity contribution in [1.29, 1.82) is 0 Å². The lowest BCUT2D eigenvalue weighted by atomic mass is 9.98. The van der Waals surface area contributed by atoms with Crippen molar-refractivity contribution >= 4 is 45.9 Å². The van der Waals surface area contributed by atoms with Gasteiger partial charge in [0.25, 0.3) is 5.91 Å². The Balaban J connectivity index is 1.47. The Morgan fingerprint density at radius 2 is 1.76 bits per heavy atom. The summed E-state index contributed by atoms with van der Waals surface area (Å²) in [6, 6.07) is 20.1. The Kier molecular flexibility index (Phi) is 5.74. The van der Waals surface area contributed by atoms with Crippen LogP contribution in [-0.2, 0) is 6.61 Å². The smallest absolute Gasteiger partial charge is 0.296 e. The van der Waals surface area contributed by atoms with Crippen LogP contribution in [0.5, 0.6) is 5.75 Å². The minimum atomic E-state index is -0.814. The highest BCUT2D eigenvalue weighted by Crippen LogP contribution is 2.41. The van der Waals surface area contributed by atoms with Crippen molar-refractivity contribution < 1.29 is 18.5 Å². The minimum Gasteiger partial charge on any atom is -0.489 e. The molecule has 6 rings (SSSR count). The van der Waals surface area contributed by atoms with Gasteiger partial charge in [0.2, 0.25) is 5.76 Å². The molecule has 3 heterocycles. The second-order valence-corrected chi connectivity index (χ2v) is 9.55. The summed E-state index contributed by atoms with van der Waals surface area (Å²) < 4.78 is 17.2. The molecule has 9 heteroatoms. The maximum absolute atomic E-state index is 13.7. The number of ether oxygens (including phenoxy) is 1. The van der Waals surface area contributed by atoms with E-state index >= 15 is 0 Å². The van der Waals surface area contributed by atoms with Crippen LogP contribution in [-0.4, -0.2) is 11.1 Å². The van der Waals surface area contributed by atoms with Crippen LogP contribution in [0.3, 0.4) is 0 Å². The van der Waals surface area contributed by atoms with Crippen molar-refractivity contribution in [3.05, 3.63) is 121 Å². The number of halogens is 2.